The third kappa shape index (κ3) is 3.69. The Morgan fingerprint density at radius 2 is 2.41 bits per heavy atom. The monoisotopic (exact) mass is 238 g/mol. The number of amides is 1. The van der Waals surface area contributed by atoms with E-state index in [1.165, 1.54) is 6.20 Å². The van der Waals surface area contributed by atoms with Gasteiger partial charge in [-0.25, -0.2) is 10.8 Å². The Morgan fingerprint density at radius 1 is 1.65 bits per heavy atom. The molecule has 0 aromatic carbocycles. The molecule has 1 heterocycles. The summed E-state index contributed by atoms with van der Waals surface area (Å²) in [5.41, 5.74) is 2.94. The molecule has 1 rings (SSSR count). The third-order valence-corrected chi connectivity index (χ3v) is 2.41. The quantitative estimate of drug-likeness (QED) is 0.487. The summed E-state index contributed by atoms with van der Waals surface area (Å²) in [6, 6.07) is 3.24. The number of aliphatic hydroxyl groups excluding tert-OH is 1. The molecule has 0 aliphatic heterocycles. The van der Waals surface area contributed by atoms with Crippen molar-refractivity contribution < 1.29 is 9.90 Å². The van der Waals surface area contributed by atoms with Crippen LogP contribution < -0.4 is 11.3 Å². The molecule has 6 nitrogen and oxygen atoms in total. The van der Waals surface area contributed by atoms with Gasteiger partial charge in [0.05, 0.1) is 0 Å². The molecule has 0 aliphatic carbocycles. The number of nitrogen functional groups attached to an aromatic ring is 1. The summed E-state index contributed by atoms with van der Waals surface area (Å²) in [7, 11) is 0. The second-order valence-electron chi connectivity index (χ2n) is 3.54. The number of carbonyl (C=O) groups is 1. The highest BCUT2D eigenvalue weighted by Crippen LogP contribution is 2.09. The van der Waals surface area contributed by atoms with Gasteiger partial charge in [0.2, 0.25) is 0 Å². The van der Waals surface area contributed by atoms with Gasteiger partial charge in [-0.1, -0.05) is 0 Å². The fourth-order valence-electron chi connectivity index (χ4n) is 1.49. The van der Waals surface area contributed by atoms with Gasteiger partial charge in [-0.05, 0) is 25.5 Å². The van der Waals surface area contributed by atoms with Crippen molar-refractivity contribution in [3.05, 3.63) is 23.9 Å². The number of nitrogens with two attached hydrogens (primary N) is 1. The van der Waals surface area contributed by atoms with Gasteiger partial charge in [-0.15, -0.1) is 0 Å². The topological polar surface area (TPSA) is 91.5 Å². The van der Waals surface area contributed by atoms with Crippen molar-refractivity contribution in [1.82, 2.24) is 9.88 Å². The van der Waals surface area contributed by atoms with Crippen molar-refractivity contribution in [2.45, 2.75) is 13.3 Å². The minimum absolute atomic E-state index is 0.0791. The van der Waals surface area contributed by atoms with Crippen LogP contribution in [0.25, 0.3) is 0 Å². The Kier molecular flexibility index (Phi) is 5.38. The van der Waals surface area contributed by atoms with Crippen LogP contribution in [-0.2, 0) is 0 Å². The van der Waals surface area contributed by atoms with Gasteiger partial charge in [0.1, 0.15) is 5.82 Å². The van der Waals surface area contributed by atoms with Gasteiger partial charge in [-0.3, -0.25) is 4.79 Å². The Morgan fingerprint density at radius 3 is 3.00 bits per heavy atom. The highest BCUT2D eigenvalue weighted by atomic mass is 16.3. The van der Waals surface area contributed by atoms with Crippen LogP contribution in [0.15, 0.2) is 18.3 Å². The van der Waals surface area contributed by atoms with Crippen LogP contribution in [0.1, 0.15) is 23.7 Å². The maximum atomic E-state index is 12.1. The molecule has 0 radical (unpaired) electrons. The zero-order valence-electron chi connectivity index (χ0n) is 9.89. The minimum atomic E-state index is -0.0835. The number of rotatable bonds is 6. The molecule has 0 unspecified atom stereocenters. The molecule has 4 N–H and O–H groups in total. The first-order valence-electron chi connectivity index (χ1n) is 5.55. The van der Waals surface area contributed by atoms with E-state index in [0.29, 0.717) is 30.9 Å². The lowest BCUT2D eigenvalue weighted by Crippen LogP contribution is -2.32. The molecule has 6 heteroatoms. The Labute approximate surface area is 100 Å². The fourth-order valence-corrected chi connectivity index (χ4v) is 1.49. The van der Waals surface area contributed by atoms with Crippen LogP contribution in [0.2, 0.25) is 0 Å². The van der Waals surface area contributed by atoms with Gasteiger partial charge in [0.15, 0.2) is 0 Å². The van der Waals surface area contributed by atoms with Crippen molar-refractivity contribution >= 4 is 11.7 Å². The van der Waals surface area contributed by atoms with Crippen molar-refractivity contribution in [3.8, 4) is 0 Å². The second-order valence-corrected chi connectivity index (χ2v) is 3.54. The predicted molar refractivity (Wildman–Crippen MR) is 65.3 cm³/mol. The SMILES string of the molecule is CCN(CCCO)C(=O)c1ccnc(NN)c1. The van der Waals surface area contributed by atoms with E-state index in [1.807, 2.05) is 6.92 Å². The molecule has 94 valence electrons. The van der Waals surface area contributed by atoms with Crippen LogP contribution in [0, 0.1) is 0 Å². The van der Waals surface area contributed by atoms with Gasteiger partial charge < -0.3 is 15.4 Å². The summed E-state index contributed by atoms with van der Waals surface area (Å²) >= 11 is 0. The largest absolute Gasteiger partial charge is 0.396 e. The first-order valence-corrected chi connectivity index (χ1v) is 5.55. The lowest BCUT2D eigenvalue weighted by atomic mass is 10.2. The highest BCUT2D eigenvalue weighted by Gasteiger charge is 2.14. The molecule has 17 heavy (non-hydrogen) atoms. The molecule has 0 atom stereocenters. The number of hydrogen-bond acceptors (Lipinski definition) is 5. The normalized spacial score (nSPS) is 10.1. The molecule has 0 aliphatic rings. The molecule has 1 aromatic heterocycles. The first kappa shape index (κ1) is 13.4. The molecule has 0 spiro atoms. The van der Waals surface area contributed by atoms with Crippen molar-refractivity contribution in [2.24, 2.45) is 5.84 Å². The van der Waals surface area contributed by atoms with Crippen molar-refractivity contribution in [2.75, 3.05) is 25.1 Å². The zero-order valence-corrected chi connectivity index (χ0v) is 9.89. The number of nitrogens with zero attached hydrogens (tertiary/aromatic N) is 2. The maximum absolute atomic E-state index is 12.1. The van der Waals surface area contributed by atoms with E-state index in [9.17, 15) is 4.79 Å². The molecule has 0 bridgehead atoms. The molecule has 0 saturated heterocycles. The fraction of sp³-hybridized carbons (Fsp3) is 0.455. The summed E-state index contributed by atoms with van der Waals surface area (Å²) in [6.07, 6.45) is 2.11. The van der Waals surface area contributed by atoms with Gasteiger partial charge in [0.25, 0.3) is 5.91 Å². The Bertz CT molecular complexity index is 370. The average molecular weight is 238 g/mol. The highest BCUT2D eigenvalue weighted by molar-refractivity contribution is 5.94. The Balaban J connectivity index is 2.78. The number of hydrogen-bond donors (Lipinski definition) is 3. The van der Waals surface area contributed by atoms with E-state index in [2.05, 4.69) is 10.4 Å². The zero-order chi connectivity index (χ0) is 12.7. The van der Waals surface area contributed by atoms with Crippen LogP contribution in [-0.4, -0.2) is 40.6 Å². The maximum Gasteiger partial charge on any atom is 0.254 e. The van der Waals surface area contributed by atoms with E-state index in [0.717, 1.165) is 0 Å². The van der Waals surface area contributed by atoms with Gasteiger partial charge in [0, 0.05) is 31.5 Å². The smallest absolute Gasteiger partial charge is 0.254 e. The molecule has 1 aromatic rings. The third-order valence-electron chi connectivity index (χ3n) is 2.41. The number of pyridine rings is 1. The summed E-state index contributed by atoms with van der Waals surface area (Å²) < 4.78 is 0. The number of carbonyl (C=O) groups excluding carboxylic acids is 1. The molecular weight excluding hydrogens is 220 g/mol. The van der Waals surface area contributed by atoms with E-state index in [4.69, 9.17) is 10.9 Å². The van der Waals surface area contributed by atoms with E-state index >= 15 is 0 Å². The van der Waals surface area contributed by atoms with E-state index < -0.39 is 0 Å². The van der Waals surface area contributed by atoms with Crippen molar-refractivity contribution in [3.63, 3.8) is 0 Å². The minimum Gasteiger partial charge on any atom is -0.396 e. The van der Waals surface area contributed by atoms with E-state index in [-0.39, 0.29) is 12.5 Å². The van der Waals surface area contributed by atoms with E-state index in [1.54, 1.807) is 17.0 Å². The summed E-state index contributed by atoms with van der Waals surface area (Å²) in [5.74, 6) is 5.61. The number of nitrogens with one attached hydrogen (secondary N) is 1. The molecule has 0 saturated carbocycles. The first-order chi connectivity index (χ1) is 8.22. The summed E-state index contributed by atoms with van der Waals surface area (Å²) in [4.78, 5) is 17.7. The molecule has 0 fully saturated rings. The van der Waals surface area contributed by atoms with Gasteiger partial charge in [-0.2, -0.15) is 0 Å². The second kappa shape index (κ2) is 6.82. The predicted octanol–water partition coefficient (Wildman–Crippen LogP) is 0.212. The average Bonchev–Trinajstić information content (AvgIpc) is 2.39. The summed E-state index contributed by atoms with van der Waals surface area (Å²) in [5, 5.41) is 8.77. The lowest BCUT2D eigenvalue weighted by molar-refractivity contribution is 0.0754. The number of aromatic nitrogens is 1. The van der Waals surface area contributed by atoms with Gasteiger partial charge >= 0.3 is 0 Å². The number of anilines is 1. The van der Waals surface area contributed by atoms with Crippen molar-refractivity contribution in [1.29, 1.82) is 0 Å². The van der Waals surface area contributed by atoms with Crippen LogP contribution in [0.5, 0.6) is 0 Å². The Hall–Kier alpha value is -1.66. The number of hydrazine groups is 1. The lowest BCUT2D eigenvalue weighted by Gasteiger charge is -2.20. The van der Waals surface area contributed by atoms with Crippen LogP contribution in [0.4, 0.5) is 5.82 Å². The van der Waals surface area contributed by atoms with Crippen LogP contribution >= 0.6 is 0 Å². The summed E-state index contributed by atoms with van der Waals surface area (Å²) in [6.45, 7) is 3.13. The number of aliphatic hydroxyl groups is 1. The standard InChI is InChI=1S/C11H18N4O2/c1-2-15(6-3-7-16)11(17)9-4-5-13-10(8-9)14-12/h4-5,8,16H,2-3,6-7,12H2,1H3,(H,13,14). The molecular formula is C11H18N4O2. The van der Waals surface area contributed by atoms with Crippen LogP contribution in [0.3, 0.4) is 0 Å². The molecule has 1 amide bonds.